The van der Waals surface area contributed by atoms with Gasteiger partial charge in [0.15, 0.2) is 0 Å². The molecular formula is C25H22N4O3S. The lowest BCUT2D eigenvalue weighted by molar-refractivity contribution is 0.256. The van der Waals surface area contributed by atoms with Gasteiger partial charge >= 0.3 is 6.03 Å². The van der Waals surface area contributed by atoms with Crippen LogP contribution < -0.4 is 10.0 Å². The molecule has 7 nitrogen and oxygen atoms in total. The van der Waals surface area contributed by atoms with E-state index < -0.39 is 16.1 Å². The summed E-state index contributed by atoms with van der Waals surface area (Å²) < 4.78 is 29.2. The Morgan fingerprint density at radius 3 is 2.36 bits per heavy atom. The second-order valence-electron chi connectivity index (χ2n) is 7.90. The number of urea groups is 1. The van der Waals surface area contributed by atoms with E-state index in [1.54, 1.807) is 42.5 Å². The summed E-state index contributed by atoms with van der Waals surface area (Å²) in [6.45, 7) is 2.03. The van der Waals surface area contributed by atoms with Gasteiger partial charge in [-0.05, 0) is 61.7 Å². The molecule has 4 aromatic rings. The molecule has 0 radical (unpaired) electrons. The molecule has 5 rings (SSSR count). The number of fused-ring (bicyclic) bond motifs is 3. The second-order valence-corrected chi connectivity index (χ2v) is 9.58. The first-order valence-electron chi connectivity index (χ1n) is 10.6. The van der Waals surface area contributed by atoms with E-state index in [9.17, 15) is 13.2 Å². The van der Waals surface area contributed by atoms with Crippen LogP contribution in [0.4, 0.5) is 10.5 Å². The largest absolute Gasteiger partial charge is 0.333 e. The van der Waals surface area contributed by atoms with Crippen molar-refractivity contribution in [2.24, 2.45) is 0 Å². The number of nitrogens with zero attached hydrogens (tertiary/aromatic N) is 2. The molecule has 8 heteroatoms. The fourth-order valence-electron chi connectivity index (χ4n) is 4.16. The molecule has 0 fully saturated rings. The monoisotopic (exact) mass is 458 g/mol. The third-order valence-electron chi connectivity index (χ3n) is 5.81. The van der Waals surface area contributed by atoms with Gasteiger partial charge in [-0.3, -0.25) is 0 Å². The molecule has 0 unspecified atom stereocenters. The summed E-state index contributed by atoms with van der Waals surface area (Å²) in [5, 5.41) is 7.34. The topological polar surface area (TPSA) is 93.1 Å². The number of anilines is 1. The number of nitrogens with one attached hydrogen (secondary N) is 2. The van der Waals surface area contributed by atoms with Gasteiger partial charge in [-0.25, -0.2) is 22.6 Å². The number of sulfonamides is 1. The average molecular weight is 459 g/mol. The number of carbonyl (C=O) groups excluding carboxylic acids is 1. The number of carbonyl (C=O) groups is 1. The number of para-hydroxylation sites is 1. The van der Waals surface area contributed by atoms with Gasteiger partial charge in [0.05, 0.1) is 16.3 Å². The van der Waals surface area contributed by atoms with Crippen molar-refractivity contribution in [2.75, 3.05) is 5.32 Å². The van der Waals surface area contributed by atoms with E-state index >= 15 is 0 Å². The molecule has 1 aliphatic rings. The predicted molar refractivity (Wildman–Crippen MR) is 127 cm³/mol. The van der Waals surface area contributed by atoms with E-state index in [-0.39, 0.29) is 4.90 Å². The number of hydrogen-bond donors (Lipinski definition) is 2. The molecule has 0 atom stereocenters. The molecule has 166 valence electrons. The van der Waals surface area contributed by atoms with Crippen LogP contribution in [0.1, 0.15) is 16.8 Å². The minimum Gasteiger partial charge on any atom is -0.307 e. The van der Waals surface area contributed by atoms with Crippen molar-refractivity contribution in [3.8, 4) is 16.9 Å². The molecule has 0 bridgehead atoms. The maximum atomic E-state index is 12.6. The maximum Gasteiger partial charge on any atom is 0.333 e. The predicted octanol–water partition coefficient (Wildman–Crippen LogP) is 4.46. The van der Waals surface area contributed by atoms with Crippen LogP contribution in [0.5, 0.6) is 0 Å². The normalized spacial score (nSPS) is 12.5. The Bertz CT molecular complexity index is 1440. The Kier molecular flexibility index (Phi) is 5.22. The first-order valence-corrected chi connectivity index (χ1v) is 12.1. The van der Waals surface area contributed by atoms with Gasteiger partial charge in [0, 0.05) is 22.5 Å². The van der Waals surface area contributed by atoms with Crippen LogP contribution in [-0.4, -0.2) is 24.2 Å². The van der Waals surface area contributed by atoms with E-state index in [2.05, 4.69) is 17.4 Å². The SMILES string of the molecule is Cc1c2c(nn1-c1ccc(S(=O)(=O)NC(=O)Nc3ccccc3)cc1)-c1ccccc1CC2. The highest BCUT2D eigenvalue weighted by atomic mass is 32.2. The summed E-state index contributed by atoms with van der Waals surface area (Å²) in [5.74, 6) is 0. The minimum absolute atomic E-state index is 0.00520. The zero-order valence-electron chi connectivity index (χ0n) is 17.9. The van der Waals surface area contributed by atoms with E-state index in [0.717, 1.165) is 35.5 Å². The van der Waals surface area contributed by atoms with Crippen molar-refractivity contribution in [3.63, 3.8) is 0 Å². The lowest BCUT2D eigenvalue weighted by Gasteiger charge is -2.14. The number of hydrogen-bond acceptors (Lipinski definition) is 4. The van der Waals surface area contributed by atoms with Crippen LogP contribution in [0.15, 0.2) is 83.8 Å². The molecule has 2 amide bonds. The molecule has 0 spiro atoms. The summed E-state index contributed by atoms with van der Waals surface area (Å²) in [4.78, 5) is 12.1. The highest BCUT2D eigenvalue weighted by Gasteiger charge is 2.23. The van der Waals surface area contributed by atoms with E-state index in [4.69, 9.17) is 5.10 Å². The second kappa shape index (κ2) is 8.22. The Hall–Kier alpha value is -3.91. The fraction of sp³-hybridized carbons (Fsp3) is 0.120. The van der Waals surface area contributed by atoms with Crippen molar-refractivity contribution in [3.05, 3.63) is 95.7 Å². The van der Waals surface area contributed by atoms with Crippen LogP contribution >= 0.6 is 0 Å². The summed E-state index contributed by atoms with van der Waals surface area (Å²) in [7, 11) is -4.02. The van der Waals surface area contributed by atoms with Crippen molar-refractivity contribution < 1.29 is 13.2 Å². The number of amides is 2. The standard InChI is InChI=1S/C25H22N4O3S/c1-17-22-16-11-18-7-5-6-10-23(18)24(22)27-29(17)20-12-14-21(15-13-20)33(31,32)28-25(30)26-19-8-3-2-4-9-19/h2-10,12-15H,11,16H2,1H3,(H2,26,28,30). The van der Waals surface area contributed by atoms with Gasteiger partial charge in [-0.1, -0.05) is 42.5 Å². The zero-order valence-corrected chi connectivity index (χ0v) is 18.8. The first-order chi connectivity index (χ1) is 15.9. The summed E-state index contributed by atoms with van der Waals surface area (Å²) in [6.07, 6.45) is 1.90. The number of rotatable bonds is 4. The van der Waals surface area contributed by atoms with Crippen molar-refractivity contribution in [2.45, 2.75) is 24.7 Å². The molecule has 2 N–H and O–H groups in total. The maximum absolute atomic E-state index is 12.6. The molecule has 3 aromatic carbocycles. The summed E-state index contributed by atoms with van der Waals surface area (Å²) >= 11 is 0. The molecule has 0 saturated heterocycles. The number of benzene rings is 3. The molecular weight excluding hydrogens is 436 g/mol. The van der Waals surface area contributed by atoms with Gasteiger partial charge in [-0.2, -0.15) is 5.10 Å². The van der Waals surface area contributed by atoms with Gasteiger partial charge < -0.3 is 5.32 Å². The van der Waals surface area contributed by atoms with E-state index in [0.29, 0.717) is 5.69 Å². The lowest BCUT2D eigenvalue weighted by atomic mass is 9.89. The average Bonchev–Trinajstić information content (AvgIpc) is 3.16. The number of aryl methyl sites for hydroxylation is 1. The molecule has 1 heterocycles. The molecule has 0 saturated carbocycles. The van der Waals surface area contributed by atoms with Crippen molar-refractivity contribution in [1.82, 2.24) is 14.5 Å². The Morgan fingerprint density at radius 1 is 0.909 bits per heavy atom. The minimum atomic E-state index is -4.02. The smallest absolute Gasteiger partial charge is 0.307 e. The molecule has 0 aliphatic heterocycles. The van der Waals surface area contributed by atoms with Crippen LogP contribution in [0, 0.1) is 6.92 Å². The Balaban J connectivity index is 1.38. The fourth-order valence-corrected chi connectivity index (χ4v) is 5.06. The molecule has 1 aliphatic carbocycles. The van der Waals surface area contributed by atoms with Gasteiger partial charge in [0.25, 0.3) is 10.0 Å². The van der Waals surface area contributed by atoms with Crippen LogP contribution in [-0.2, 0) is 22.9 Å². The number of aromatic nitrogens is 2. The van der Waals surface area contributed by atoms with Crippen LogP contribution in [0.25, 0.3) is 16.9 Å². The van der Waals surface area contributed by atoms with Gasteiger partial charge in [0.2, 0.25) is 0 Å². The first kappa shape index (κ1) is 21.0. The third kappa shape index (κ3) is 4.01. The quantitative estimate of drug-likeness (QED) is 0.472. The molecule has 1 aromatic heterocycles. The molecule has 33 heavy (non-hydrogen) atoms. The third-order valence-corrected chi connectivity index (χ3v) is 7.15. The zero-order chi connectivity index (χ0) is 23.0. The van der Waals surface area contributed by atoms with Gasteiger partial charge in [0.1, 0.15) is 0 Å². The van der Waals surface area contributed by atoms with Gasteiger partial charge in [-0.15, -0.1) is 0 Å². The highest BCUT2D eigenvalue weighted by Crippen LogP contribution is 2.35. The van der Waals surface area contributed by atoms with E-state index in [1.807, 2.05) is 28.5 Å². The summed E-state index contributed by atoms with van der Waals surface area (Å²) in [5.41, 5.74) is 6.92. The van der Waals surface area contributed by atoms with Crippen molar-refractivity contribution in [1.29, 1.82) is 0 Å². The summed E-state index contributed by atoms with van der Waals surface area (Å²) in [6, 6.07) is 22.4. The van der Waals surface area contributed by atoms with Crippen LogP contribution in [0.2, 0.25) is 0 Å². The van der Waals surface area contributed by atoms with Crippen molar-refractivity contribution >= 4 is 21.7 Å². The Morgan fingerprint density at radius 2 is 1.61 bits per heavy atom. The van der Waals surface area contributed by atoms with Crippen LogP contribution in [0.3, 0.4) is 0 Å². The Labute approximate surface area is 192 Å². The highest BCUT2D eigenvalue weighted by molar-refractivity contribution is 7.90. The van der Waals surface area contributed by atoms with E-state index in [1.165, 1.54) is 23.3 Å². The lowest BCUT2D eigenvalue weighted by Crippen LogP contribution is -2.34.